The summed E-state index contributed by atoms with van der Waals surface area (Å²) in [5, 5.41) is 10.1. The zero-order chi connectivity index (χ0) is 16.2. The minimum absolute atomic E-state index is 0.182. The number of nitrogens with zero attached hydrogens (tertiary/aromatic N) is 1. The summed E-state index contributed by atoms with van der Waals surface area (Å²) in [7, 11) is 0. The van der Waals surface area contributed by atoms with Gasteiger partial charge in [-0.3, -0.25) is 14.7 Å². The largest absolute Gasteiger partial charge is 0.379 e. The van der Waals surface area contributed by atoms with Crippen LogP contribution in [-0.4, -0.2) is 54.0 Å². The number of fused-ring (bicyclic) bond motifs is 1. The van der Waals surface area contributed by atoms with Gasteiger partial charge in [0.2, 0.25) is 5.91 Å². The van der Waals surface area contributed by atoms with Gasteiger partial charge in [-0.2, -0.15) is 5.10 Å². The number of aromatic nitrogens is 2. The van der Waals surface area contributed by atoms with Gasteiger partial charge in [-0.05, 0) is 32.1 Å². The molecule has 1 saturated heterocycles. The van der Waals surface area contributed by atoms with Crippen molar-refractivity contribution in [2.75, 3.05) is 19.8 Å². The number of aromatic amines is 1. The Kier molecular flexibility index (Phi) is 4.92. The lowest BCUT2D eigenvalue weighted by Gasteiger charge is -2.31. The van der Waals surface area contributed by atoms with Crippen LogP contribution in [0.15, 0.2) is 0 Å². The summed E-state index contributed by atoms with van der Waals surface area (Å²) >= 11 is 0. The first-order valence-corrected chi connectivity index (χ1v) is 8.00. The summed E-state index contributed by atoms with van der Waals surface area (Å²) in [4.78, 5) is 23.4. The predicted molar refractivity (Wildman–Crippen MR) is 80.9 cm³/mol. The molecule has 1 aliphatic heterocycles. The fourth-order valence-electron chi connectivity index (χ4n) is 3.14. The molecule has 3 rings (SSSR count). The number of amides is 2. The summed E-state index contributed by atoms with van der Waals surface area (Å²) in [6.07, 6.45) is 4.27. The molecule has 2 heterocycles. The Labute approximate surface area is 134 Å². The van der Waals surface area contributed by atoms with E-state index in [1.165, 1.54) is 0 Å². The van der Waals surface area contributed by atoms with Crippen molar-refractivity contribution in [2.24, 2.45) is 5.73 Å². The van der Waals surface area contributed by atoms with E-state index in [-0.39, 0.29) is 24.7 Å². The SMILES string of the molecule is NC(=O)CO[C@@H]1COCC[C@H]1NC(=O)c1n[nH]c2c1CCCC2. The number of hydrogen-bond acceptors (Lipinski definition) is 5. The van der Waals surface area contributed by atoms with E-state index in [4.69, 9.17) is 15.2 Å². The molecule has 0 aromatic carbocycles. The molecule has 8 nitrogen and oxygen atoms in total. The molecule has 4 N–H and O–H groups in total. The van der Waals surface area contributed by atoms with Gasteiger partial charge in [0.25, 0.3) is 5.91 Å². The van der Waals surface area contributed by atoms with Gasteiger partial charge in [0.05, 0.1) is 12.6 Å². The van der Waals surface area contributed by atoms with Crippen molar-refractivity contribution in [2.45, 2.75) is 44.2 Å². The van der Waals surface area contributed by atoms with Crippen molar-refractivity contribution < 1.29 is 19.1 Å². The first-order valence-electron chi connectivity index (χ1n) is 8.00. The molecule has 1 aliphatic carbocycles. The first-order chi connectivity index (χ1) is 11.1. The number of nitrogens with two attached hydrogens (primary N) is 1. The van der Waals surface area contributed by atoms with Crippen LogP contribution in [0.2, 0.25) is 0 Å². The average molecular weight is 322 g/mol. The molecule has 0 spiro atoms. The molecule has 0 unspecified atom stereocenters. The van der Waals surface area contributed by atoms with Gasteiger partial charge < -0.3 is 20.5 Å². The van der Waals surface area contributed by atoms with Crippen LogP contribution < -0.4 is 11.1 Å². The van der Waals surface area contributed by atoms with Crippen LogP contribution in [0.5, 0.6) is 0 Å². The highest BCUT2D eigenvalue weighted by Gasteiger charge is 2.30. The third kappa shape index (κ3) is 3.70. The summed E-state index contributed by atoms with van der Waals surface area (Å²) in [6, 6.07) is -0.216. The van der Waals surface area contributed by atoms with E-state index < -0.39 is 5.91 Å². The van der Waals surface area contributed by atoms with E-state index in [1.54, 1.807) is 0 Å². The van der Waals surface area contributed by atoms with Gasteiger partial charge in [-0.25, -0.2) is 0 Å². The second-order valence-electron chi connectivity index (χ2n) is 6.00. The van der Waals surface area contributed by atoms with Crippen LogP contribution in [0.1, 0.15) is 41.0 Å². The van der Waals surface area contributed by atoms with Gasteiger partial charge in [-0.15, -0.1) is 0 Å². The average Bonchev–Trinajstić information content (AvgIpc) is 2.98. The lowest BCUT2D eigenvalue weighted by atomic mass is 9.95. The molecule has 23 heavy (non-hydrogen) atoms. The number of rotatable bonds is 5. The Morgan fingerprint density at radius 3 is 3.04 bits per heavy atom. The Bertz CT molecular complexity index is 586. The molecule has 2 aliphatic rings. The number of ether oxygens (including phenoxy) is 2. The standard InChI is InChI=1S/C15H22N4O4/c16-13(20)8-23-12-7-22-6-5-11(12)17-15(21)14-9-3-1-2-4-10(9)18-19-14/h11-12H,1-8H2,(H2,16,20)(H,17,21)(H,18,19)/t11-,12-/m1/s1. The van der Waals surface area contributed by atoms with Crippen molar-refractivity contribution in [3.05, 3.63) is 17.0 Å². The molecule has 1 aromatic rings. The van der Waals surface area contributed by atoms with Crippen molar-refractivity contribution in [3.8, 4) is 0 Å². The van der Waals surface area contributed by atoms with Gasteiger partial charge in [0.15, 0.2) is 5.69 Å². The van der Waals surface area contributed by atoms with E-state index >= 15 is 0 Å². The highest BCUT2D eigenvalue weighted by molar-refractivity contribution is 5.94. The molecule has 2 atom stereocenters. The van der Waals surface area contributed by atoms with Crippen LogP contribution >= 0.6 is 0 Å². The zero-order valence-corrected chi connectivity index (χ0v) is 13.0. The van der Waals surface area contributed by atoms with Crippen molar-refractivity contribution in [3.63, 3.8) is 0 Å². The second kappa shape index (κ2) is 7.10. The maximum absolute atomic E-state index is 12.5. The van der Waals surface area contributed by atoms with Crippen LogP contribution in [0, 0.1) is 0 Å². The fourth-order valence-corrected chi connectivity index (χ4v) is 3.14. The lowest BCUT2D eigenvalue weighted by molar-refractivity contribution is -0.129. The summed E-state index contributed by atoms with van der Waals surface area (Å²) in [6.45, 7) is 0.690. The smallest absolute Gasteiger partial charge is 0.272 e. The summed E-state index contributed by atoms with van der Waals surface area (Å²) < 4.78 is 10.8. The van der Waals surface area contributed by atoms with Crippen molar-refractivity contribution >= 4 is 11.8 Å². The third-order valence-electron chi connectivity index (χ3n) is 4.33. The number of nitrogens with one attached hydrogen (secondary N) is 2. The summed E-state index contributed by atoms with van der Waals surface area (Å²) in [5.41, 5.74) is 7.66. The molecule has 2 amide bonds. The predicted octanol–water partition coefficient (Wildman–Crippen LogP) is -0.322. The van der Waals surface area contributed by atoms with Gasteiger partial charge in [0, 0.05) is 17.9 Å². The number of hydrogen-bond donors (Lipinski definition) is 3. The van der Waals surface area contributed by atoms with Gasteiger partial charge in [-0.1, -0.05) is 0 Å². The van der Waals surface area contributed by atoms with Crippen LogP contribution in [0.3, 0.4) is 0 Å². The van der Waals surface area contributed by atoms with Crippen molar-refractivity contribution in [1.82, 2.24) is 15.5 Å². The Hall–Kier alpha value is -1.93. The van der Waals surface area contributed by atoms with E-state index in [0.29, 0.717) is 25.3 Å². The lowest BCUT2D eigenvalue weighted by Crippen LogP contribution is -2.50. The topological polar surface area (TPSA) is 119 Å². The number of carbonyl (C=O) groups excluding carboxylic acids is 2. The maximum Gasteiger partial charge on any atom is 0.272 e. The Morgan fingerprint density at radius 2 is 2.22 bits per heavy atom. The van der Waals surface area contributed by atoms with E-state index in [2.05, 4.69) is 15.5 Å². The Morgan fingerprint density at radius 1 is 1.39 bits per heavy atom. The number of H-pyrrole nitrogens is 1. The van der Waals surface area contributed by atoms with Crippen LogP contribution in [0.4, 0.5) is 0 Å². The molecule has 1 aromatic heterocycles. The van der Waals surface area contributed by atoms with Crippen LogP contribution in [0.25, 0.3) is 0 Å². The van der Waals surface area contributed by atoms with E-state index in [9.17, 15) is 9.59 Å². The first kappa shape index (κ1) is 15.9. The van der Waals surface area contributed by atoms with Crippen molar-refractivity contribution in [1.29, 1.82) is 0 Å². The van der Waals surface area contributed by atoms with Gasteiger partial charge >= 0.3 is 0 Å². The minimum atomic E-state index is -0.540. The molecule has 0 saturated carbocycles. The highest BCUT2D eigenvalue weighted by Crippen LogP contribution is 2.22. The molecule has 0 bridgehead atoms. The molecular formula is C15H22N4O4. The number of aryl methyl sites for hydroxylation is 1. The normalized spacial score (nSPS) is 24.0. The molecule has 126 valence electrons. The highest BCUT2D eigenvalue weighted by atomic mass is 16.5. The third-order valence-corrected chi connectivity index (χ3v) is 4.33. The number of carbonyl (C=O) groups is 2. The van der Waals surface area contributed by atoms with Crippen LogP contribution in [-0.2, 0) is 27.1 Å². The van der Waals surface area contributed by atoms with E-state index in [0.717, 1.165) is 36.9 Å². The Balaban J connectivity index is 1.65. The maximum atomic E-state index is 12.5. The quantitative estimate of drug-likeness (QED) is 0.686. The fraction of sp³-hybridized carbons (Fsp3) is 0.667. The molecular weight excluding hydrogens is 300 g/mol. The molecule has 8 heteroatoms. The molecule has 0 radical (unpaired) electrons. The monoisotopic (exact) mass is 322 g/mol. The summed E-state index contributed by atoms with van der Waals surface area (Å²) in [5.74, 6) is -0.744. The minimum Gasteiger partial charge on any atom is -0.379 e. The second-order valence-corrected chi connectivity index (χ2v) is 6.00. The van der Waals surface area contributed by atoms with Gasteiger partial charge in [0.1, 0.15) is 12.7 Å². The van der Waals surface area contributed by atoms with E-state index in [1.807, 2.05) is 0 Å². The molecule has 1 fully saturated rings. The zero-order valence-electron chi connectivity index (χ0n) is 13.0. The number of primary amides is 1.